The van der Waals surface area contributed by atoms with Crippen LogP contribution in [0.2, 0.25) is 0 Å². The summed E-state index contributed by atoms with van der Waals surface area (Å²) < 4.78 is 0. The molecule has 0 aliphatic heterocycles. The maximum Gasteiger partial charge on any atom is 0.243 e. The van der Waals surface area contributed by atoms with Crippen molar-refractivity contribution >= 4 is 17.0 Å². The van der Waals surface area contributed by atoms with Gasteiger partial charge in [0.1, 0.15) is 5.52 Å². The molecule has 0 aliphatic carbocycles. The highest BCUT2D eigenvalue weighted by Crippen LogP contribution is 2.19. The van der Waals surface area contributed by atoms with E-state index in [1.165, 1.54) is 0 Å². The van der Waals surface area contributed by atoms with Crippen LogP contribution in [0, 0.1) is 0 Å². The Balaban J connectivity index is 2.31. The van der Waals surface area contributed by atoms with Gasteiger partial charge in [-0.25, -0.2) is 4.98 Å². The monoisotopic (exact) mass is 245 g/mol. The Morgan fingerprint density at radius 2 is 1.78 bits per heavy atom. The van der Waals surface area contributed by atoms with E-state index in [9.17, 15) is 0 Å². The number of nitrogens with two attached hydrogens (primary N) is 1. The van der Waals surface area contributed by atoms with E-state index in [4.69, 9.17) is 5.73 Å². The van der Waals surface area contributed by atoms with Crippen LogP contribution in [-0.4, -0.2) is 27.3 Å². The summed E-state index contributed by atoms with van der Waals surface area (Å²) in [4.78, 5) is 4.46. The van der Waals surface area contributed by atoms with Gasteiger partial charge < -0.3 is 11.1 Å². The first-order chi connectivity index (χ1) is 8.73. The average Bonchev–Trinajstić information content (AvgIpc) is 2.45. The molecule has 5 heteroatoms. The van der Waals surface area contributed by atoms with Gasteiger partial charge in [-0.3, -0.25) is 0 Å². The smallest absolute Gasteiger partial charge is 0.243 e. The Morgan fingerprint density at radius 1 is 1.11 bits per heavy atom. The molecule has 18 heavy (non-hydrogen) atoms. The van der Waals surface area contributed by atoms with E-state index >= 15 is 0 Å². The lowest BCUT2D eigenvalue weighted by Gasteiger charge is -2.31. The molecule has 2 rings (SSSR count). The first-order valence-corrected chi connectivity index (χ1v) is 6.30. The quantitative estimate of drug-likeness (QED) is 0.842. The third-order valence-corrected chi connectivity index (χ3v) is 3.48. The van der Waals surface area contributed by atoms with Crippen molar-refractivity contribution < 1.29 is 0 Å². The van der Waals surface area contributed by atoms with Crippen LogP contribution >= 0.6 is 0 Å². The molecule has 5 nitrogen and oxygen atoms in total. The van der Waals surface area contributed by atoms with Gasteiger partial charge in [-0.05, 0) is 25.0 Å². The number of nitrogens with zero attached hydrogens (tertiary/aromatic N) is 3. The van der Waals surface area contributed by atoms with Gasteiger partial charge in [-0.15, -0.1) is 10.2 Å². The number of hydrogen-bond acceptors (Lipinski definition) is 5. The maximum absolute atomic E-state index is 5.85. The van der Waals surface area contributed by atoms with Crippen molar-refractivity contribution in [3.63, 3.8) is 0 Å². The molecule has 0 spiro atoms. The molecule has 1 heterocycles. The molecule has 96 valence electrons. The van der Waals surface area contributed by atoms with Crippen LogP contribution in [0.3, 0.4) is 0 Å². The number of nitrogens with one attached hydrogen (secondary N) is 1. The lowest BCUT2D eigenvalue weighted by molar-refractivity contribution is 0.441. The molecule has 0 saturated carbocycles. The summed E-state index contributed by atoms with van der Waals surface area (Å²) in [5, 5.41) is 11.6. The molecule has 0 radical (unpaired) electrons. The zero-order chi connectivity index (χ0) is 13.0. The van der Waals surface area contributed by atoms with Gasteiger partial charge in [0, 0.05) is 6.54 Å². The second-order valence-corrected chi connectivity index (χ2v) is 4.44. The van der Waals surface area contributed by atoms with Gasteiger partial charge in [0.05, 0.1) is 11.1 Å². The third-order valence-electron chi connectivity index (χ3n) is 3.48. The van der Waals surface area contributed by atoms with Crippen molar-refractivity contribution in [2.75, 3.05) is 11.9 Å². The van der Waals surface area contributed by atoms with Gasteiger partial charge in [0.15, 0.2) is 0 Å². The summed E-state index contributed by atoms with van der Waals surface area (Å²) in [6.45, 7) is 4.77. The summed E-state index contributed by atoms with van der Waals surface area (Å²) in [7, 11) is 0. The number of aromatic nitrogens is 3. The topological polar surface area (TPSA) is 76.7 Å². The molecular formula is C13H19N5. The summed E-state index contributed by atoms with van der Waals surface area (Å²) in [6.07, 6.45) is 1.85. The number of para-hydroxylation sites is 1. The largest absolute Gasteiger partial charge is 0.346 e. The van der Waals surface area contributed by atoms with Crippen molar-refractivity contribution in [2.24, 2.45) is 5.73 Å². The Kier molecular flexibility index (Phi) is 3.72. The molecule has 1 aromatic carbocycles. The highest BCUT2D eigenvalue weighted by Gasteiger charge is 2.25. The predicted octanol–water partition coefficient (Wildman–Crippen LogP) is 1.95. The molecule has 1 aromatic heterocycles. The highest BCUT2D eigenvalue weighted by atomic mass is 15.3. The van der Waals surface area contributed by atoms with Crippen LogP contribution in [0.15, 0.2) is 24.3 Å². The minimum atomic E-state index is -0.149. The molecule has 2 aromatic rings. The van der Waals surface area contributed by atoms with E-state index in [0.29, 0.717) is 12.5 Å². The second-order valence-electron chi connectivity index (χ2n) is 4.44. The molecule has 0 unspecified atom stereocenters. The van der Waals surface area contributed by atoms with Crippen LogP contribution < -0.4 is 11.1 Å². The molecular weight excluding hydrogens is 226 g/mol. The minimum Gasteiger partial charge on any atom is -0.346 e. The van der Waals surface area contributed by atoms with Crippen LogP contribution in [0.4, 0.5) is 5.95 Å². The van der Waals surface area contributed by atoms with E-state index in [2.05, 4.69) is 34.3 Å². The van der Waals surface area contributed by atoms with E-state index < -0.39 is 0 Å². The lowest BCUT2D eigenvalue weighted by atomic mass is 9.93. The molecule has 0 aliphatic rings. The Morgan fingerprint density at radius 3 is 2.39 bits per heavy atom. The first-order valence-electron chi connectivity index (χ1n) is 6.30. The van der Waals surface area contributed by atoms with Crippen LogP contribution in [-0.2, 0) is 0 Å². The lowest BCUT2D eigenvalue weighted by Crippen LogP contribution is -2.44. The number of benzene rings is 1. The second kappa shape index (κ2) is 5.27. The summed E-state index contributed by atoms with van der Waals surface area (Å²) in [6, 6.07) is 7.69. The van der Waals surface area contributed by atoms with E-state index in [1.54, 1.807) is 0 Å². The number of hydrogen-bond donors (Lipinski definition) is 2. The number of fused-ring (bicyclic) bond motifs is 1. The predicted molar refractivity (Wildman–Crippen MR) is 73.3 cm³/mol. The normalized spacial score (nSPS) is 11.7. The Labute approximate surface area is 107 Å². The third kappa shape index (κ3) is 2.41. The highest BCUT2D eigenvalue weighted by molar-refractivity contribution is 5.74. The van der Waals surface area contributed by atoms with E-state index in [1.807, 2.05) is 24.3 Å². The van der Waals surface area contributed by atoms with Crippen molar-refractivity contribution in [2.45, 2.75) is 32.2 Å². The first kappa shape index (κ1) is 12.7. The van der Waals surface area contributed by atoms with Gasteiger partial charge in [-0.2, -0.15) is 0 Å². The Hall–Kier alpha value is -1.75. The van der Waals surface area contributed by atoms with Gasteiger partial charge in [-0.1, -0.05) is 26.0 Å². The average molecular weight is 245 g/mol. The fourth-order valence-corrected chi connectivity index (χ4v) is 1.94. The van der Waals surface area contributed by atoms with Gasteiger partial charge >= 0.3 is 0 Å². The minimum absolute atomic E-state index is 0.149. The van der Waals surface area contributed by atoms with Crippen LogP contribution in [0.1, 0.15) is 26.7 Å². The SMILES string of the molecule is CCC(CC)(CN)Nc1nnc2ccccc2n1. The van der Waals surface area contributed by atoms with Crippen molar-refractivity contribution in [3.8, 4) is 0 Å². The van der Waals surface area contributed by atoms with Crippen molar-refractivity contribution in [1.29, 1.82) is 0 Å². The molecule has 0 atom stereocenters. The van der Waals surface area contributed by atoms with Gasteiger partial charge in [0.2, 0.25) is 5.95 Å². The summed E-state index contributed by atoms with van der Waals surface area (Å²) in [5.74, 6) is 0.544. The summed E-state index contributed by atoms with van der Waals surface area (Å²) in [5.41, 5.74) is 7.34. The summed E-state index contributed by atoms with van der Waals surface area (Å²) >= 11 is 0. The molecule has 0 saturated heterocycles. The van der Waals surface area contributed by atoms with Crippen LogP contribution in [0.25, 0.3) is 11.0 Å². The van der Waals surface area contributed by atoms with Crippen molar-refractivity contribution in [1.82, 2.24) is 15.2 Å². The van der Waals surface area contributed by atoms with E-state index in [0.717, 1.165) is 23.9 Å². The zero-order valence-electron chi connectivity index (χ0n) is 10.8. The fraction of sp³-hybridized carbons (Fsp3) is 0.462. The van der Waals surface area contributed by atoms with Crippen molar-refractivity contribution in [3.05, 3.63) is 24.3 Å². The molecule has 0 fully saturated rings. The molecule has 0 bridgehead atoms. The van der Waals surface area contributed by atoms with Crippen LogP contribution in [0.5, 0.6) is 0 Å². The maximum atomic E-state index is 5.85. The zero-order valence-corrected chi connectivity index (χ0v) is 10.8. The molecule has 3 N–H and O–H groups in total. The number of anilines is 1. The number of rotatable bonds is 5. The Bertz CT molecular complexity index is 513. The molecule has 0 amide bonds. The standard InChI is InChI=1S/C13H19N5/c1-3-13(4-2,9-14)16-12-15-10-7-5-6-8-11(10)17-18-12/h5-8H,3-4,9,14H2,1-2H3,(H,15,16,18). The van der Waals surface area contributed by atoms with E-state index in [-0.39, 0.29) is 5.54 Å². The van der Waals surface area contributed by atoms with Gasteiger partial charge in [0.25, 0.3) is 0 Å². The fourth-order valence-electron chi connectivity index (χ4n) is 1.94.